The van der Waals surface area contributed by atoms with Crippen molar-refractivity contribution in [2.24, 2.45) is 0 Å². The first-order valence-electron chi connectivity index (χ1n) is 3.83. The van der Waals surface area contributed by atoms with Crippen LogP contribution in [0.2, 0.25) is 0 Å². The summed E-state index contributed by atoms with van der Waals surface area (Å²) in [5.74, 6) is 0.491. The van der Waals surface area contributed by atoms with Gasteiger partial charge in [0, 0.05) is 17.8 Å². The number of nitrogens with zero attached hydrogens (tertiary/aromatic N) is 3. The van der Waals surface area contributed by atoms with Crippen molar-refractivity contribution in [3.63, 3.8) is 0 Å². The van der Waals surface area contributed by atoms with E-state index < -0.39 is 0 Å². The number of hydrogen-bond acceptors (Lipinski definition) is 3. The third-order valence-corrected chi connectivity index (χ3v) is 2.76. The normalized spacial score (nSPS) is 10.5. The molecule has 0 saturated heterocycles. The van der Waals surface area contributed by atoms with Crippen LogP contribution in [0.15, 0.2) is 24.1 Å². The Hall–Kier alpha value is -0.870. The number of hydrogen-bond donors (Lipinski definition) is 0. The molecule has 0 atom stereocenters. The molecule has 0 spiro atoms. The number of imidazole rings is 1. The molecule has 0 aliphatic rings. The van der Waals surface area contributed by atoms with Crippen LogP contribution >= 0.6 is 22.9 Å². The van der Waals surface area contributed by atoms with E-state index in [2.05, 4.69) is 9.97 Å². The van der Waals surface area contributed by atoms with Crippen LogP contribution in [-0.2, 0) is 12.4 Å². The molecule has 0 fully saturated rings. The van der Waals surface area contributed by atoms with Crippen molar-refractivity contribution in [3.05, 3.63) is 34.8 Å². The van der Waals surface area contributed by atoms with Crippen LogP contribution in [0.1, 0.15) is 10.7 Å². The first-order valence-corrected chi connectivity index (χ1v) is 5.25. The van der Waals surface area contributed by atoms with Gasteiger partial charge in [0.25, 0.3) is 0 Å². The molecule has 0 unspecified atom stereocenters. The van der Waals surface area contributed by atoms with Gasteiger partial charge in [-0.3, -0.25) is 0 Å². The van der Waals surface area contributed by atoms with Gasteiger partial charge >= 0.3 is 0 Å². The average molecular weight is 214 g/mol. The van der Waals surface area contributed by atoms with E-state index in [0.29, 0.717) is 5.88 Å². The van der Waals surface area contributed by atoms with E-state index >= 15 is 0 Å². The summed E-state index contributed by atoms with van der Waals surface area (Å²) >= 11 is 7.37. The SMILES string of the molecule is ClCc1cncn1Cc1nccs1. The lowest BCUT2D eigenvalue weighted by Gasteiger charge is -2.01. The standard InChI is InChI=1S/C8H8ClN3S/c9-3-7-4-10-6-12(7)5-8-11-1-2-13-8/h1-2,4,6H,3,5H2. The van der Waals surface area contributed by atoms with Gasteiger partial charge in [-0.05, 0) is 0 Å². The third-order valence-electron chi connectivity index (χ3n) is 1.72. The zero-order valence-corrected chi connectivity index (χ0v) is 8.42. The Morgan fingerprint density at radius 3 is 3.15 bits per heavy atom. The summed E-state index contributed by atoms with van der Waals surface area (Å²) in [5, 5.41) is 3.04. The molecule has 0 bridgehead atoms. The molecule has 13 heavy (non-hydrogen) atoms. The summed E-state index contributed by atoms with van der Waals surface area (Å²) in [7, 11) is 0. The smallest absolute Gasteiger partial charge is 0.112 e. The summed E-state index contributed by atoms with van der Waals surface area (Å²) in [5.41, 5.74) is 1.02. The topological polar surface area (TPSA) is 30.7 Å². The number of halogens is 1. The van der Waals surface area contributed by atoms with Gasteiger partial charge in [-0.15, -0.1) is 22.9 Å². The molecule has 3 nitrogen and oxygen atoms in total. The van der Waals surface area contributed by atoms with E-state index in [1.807, 2.05) is 9.95 Å². The highest BCUT2D eigenvalue weighted by Crippen LogP contribution is 2.09. The largest absolute Gasteiger partial charge is 0.327 e. The Balaban J connectivity index is 2.18. The van der Waals surface area contributed by atoms with E-state index in [0.717, 1.165) is 17.2 Å². The van der Waals surface area contributed by atoms with Crippen LogP contribution in [0.5, 0.6) is 0 Å². The van der Waals surface area contributed by atoms with Crippen LogP contribution < -0.4 is 0 Å². The average Bonchev–Trinajstić information content (AvgIpc) is 2.76. The molecule has 0 aliphatic carbocycles. The number of thiazole rings is 1. The van der Waals surface area contributed by atoms with Crippen LogP contribution in [0.4, 0.5) is 0 Å². The van der Waals surface area contributed by atoms with Gasteiger partial charge in [-0.1, -0.05) is 0 Å². The second-order valence-electron chi connectivity index (χ2n) is 2.57. The molecule has 0 radical (unpaired) electrons. The quantitative estimate of drug-likeness (QED) is 0.732. The van der Waals surface area contributed by atoms with Crippen LogP contribution in [0, 0.1) is 0 Å². The van der Waals surface area contributed by atoms with E-state index in [9.17, 15) is 0 Å². The van der Waals surface area contributed by atoms with Gasteiger partial charge in [-0.2, -0.15) is 0 Å². The summed E-state index contributed by atoms with van der Waals surface area (Å²) in [6, 6.07) is 0. The second-order valence-corrected chi connectivity index (χ2v) is 3.82. The molecule has 2 aromatic rings. The predicted octanol–water partition coefficient (Wildman–Crippen LogP) is 2.13. The molecular formula is C8H8ClN3S. The number of rotatable bonds is 3. The van der Waals surface area contributed by atoms with Crippen molar-refractivity contribution < 1.29 is 0 Å². The monoisotopic (exact) mass is 213 g/mol. The Morgan fingerprint density at radius 2 is 2.46 bits per heavy atom. The van der Waals surface area contributed by atoms with E-state index in [1.54, 1.807) is 30.1 Å². The van der Waals surface area contributed by atoms with Gasteiger partial charge in [-0.25, -0.2) is 9.97 Å². The summed E-state index contributed by atoms with van der Waals surface area (Å²) < 4.78 is 2.01. The molecule has 0 aliphatic heterocycles. The molecule has 68 valence electrons. The molecular weight excluding hydrogens is 206 g/mol. The minimum atomic E-state index is 0.491. The lowest BCUT2D eigenvalue weighted by molar-refractivity contribution is 0.759. The van der Waals surface area contributed by atoms with Crippen molar-refractivity contribution in [2.45, 2.75) is 12.4 Å². The minimum Gasteiger partial charge on any atom is -0.327 e. The first kappa shape index (κ1) is 8.72. The summed E-state index contributed by atoms with van der Waals surface area (Å²) in [4.78, 5) is 8.22. The van der Waals surface area contributed by atoms with Gasteiger partial charge in [0.2, 0.25) is 0 Å². The molecule has 0 aromatic carbocycles. The number of alkyl halides is 1. The van der Waals surface area contributed by atoms with E-state index in [4.69, 9.17) is 11.6 Å². The molecule has 0 saturated carbocycles. The van der Waals surface area contributed by atoms with Gasteiger partial charge in [0.1, 0.15) is 5.01 Å². The second kappa shape index (κ2) is 3.89. The Kier molecular flexibility index (Phi) is 2.61. The van der Waals surface area contributed by atoms with Crippen molar-refractivity contribution in [3.8, 4) is 0 Å². The molecule has 2 rings (SSSR count). The zero-order chi connectivity index (χ0) is 9.10. The van der Waals surface area contributed by atoms with Crippen molar-refractivity contribution >= 4 is 22.9 Å². The molecule has 5 heteroatoms. The summed E-state index contributed by atoms with van der Waals surface area (Å²) in [6.07, 6.45) is 5.36. The van der Waals surface area contributed by atoms with Crippen LogP contribution in [0.3, 0.4) is 0 Å². The van der Waals surface area contributed by atoms with E-state index in [-0.39, 0.29) is 0 Å². The maximum atomic E-state index is 5.74. The first-order chi connectivity index (χ1) is 6.40. The zero-order valence-electron chi connectivity index (χ0n) is 6.85. The third kappa shape index (κ3) is 1.89. The predicted molar refractivity (Wildman–Crippen MR) is 53.0 cm³/mol. The van der Waals surface area contributed by atoms with Crippen molar-refractivity contribution in [1.29, 1.82) is 0 Å². The molecule has 2 aromatic heterocycles. The van der Waals surface area contributed by atoms with Crippen LogP contribution in [-0.4, -0.2) is 14.5 Å². The fourth-order valence-electron chi connectivity index (χ4n) is 1.08. The Morgan fingerprint density at radius 1 is 1.54 bits per heavy atom. The fraction of sp³-hybridized carbons (Fsp3) is 0.250. The minimum absolute atomic E-state index is 0.491. The van der Waals surface area contributed by atoms with Crippen LogP contribution in [0.25, 0.3) is 0 Å². The lowest BCUT2D eigenvalue weighted by Crippen LogP contribution is -2.00. The lowest BCUT2D eigenvalue weighted by atomic mass is 10.5. The van der Waals surface area contributed by atoms with Gasteiger partial charge in [0.05, 0.1) is 24.4 Å². The summed E-state index contributed by atoms with van der Waals surface area (Å²) in [6.45, 7) is 0.764. The molecule has 2 heterocycles. The number of aromatic nitrogens is 3. The van der Waals surface area contributed by atoms with E-state index in [1.165, 1.54) is 0 Å². The Bertz CT molecular complexity index is 368. The highest BCUT2D eigenvalue weighted by Gasteiger charge is 2.02. The fourth-order valence-corrected chi connectivity index (χ4v) is 1.92. The Labute approximate surface area is 85.0 Å². The molecule has 0 amide bonds. The van der Waals surface area contributed by atoms with Crippen molar-refractivity contribution in [1.82, 2.24) is 14.5 Å². The van der Waals surface area contributed by atoms with Gasteiger partial charge in [0.15, 0.2) is 0 Å². The maximum Gasteiger partial charge on any atom is 0.112 e. The molecule has 0 N–H and O–H groups in total. The van der Waals surface area contributed by atoms with Gasteiger partial charge < -0.3 is 4.57 Å². The highest BCUT2D eigenvalue weighted by molar-refractivity contribution is 7.09. The maximum absolute atomic E-state index is 5.74. The highest BCUT2D eigenvalue weighted by atomic mass is 35.5. The van der Waals surface area contributed by atoms with Crippen molar-refractivity contribution in [2.75, 3.05) is 0 Å².